The molecule has 0 aliphatic carbocycles. The van der Waals surface area contributed by atoms with Crippen molar-refractivity contribution in [3.63, 3.8) is 0 Å². The van der Waals surface area contributed by atoms with Gasteiger partial charge >= 0.3 is 6.09 Å². The number of alkyl carbamates (subject to hydrolysis) is 1. The van der Waals surface area contributed by atoms with Gasteiger partial charge in [-0.25, -0.2) is 9.78 Å². The number of nitrogens with one attached hydrogen (secondary N) is 1. The largest absolute Gasteiger partial charge is 0.453 e. The Kier molecular flexibility index (Phi) is 10.2. The van der Waals surface area contributed by atoms with Crippen molar-refractivity contribution in [2.45, 2.75) is 44.9 Å². The zero-order chi connectivity index (χ0) is 21.0. The predicted molar refractivity (Wildman–Crippen MR) is 116 cm³/mol. The topological polar surface area (TPSA) is 68.3 Å². The third-order valence-electron chi connectivity index (χ3n) is 4.14. The molecule has 1 rings (SSSR count). The molecule has 28 heavy (non-hydrogen) atoms. The minimum atomic E-state index is -0.633. The Morgan fingerprint density at radius 3 is 2.75 bits per heavy atom. The Morgan fingerprint density at radius 2 is 2.07 bits per heavy atom. The molecule has 0 bridgehead atoms. The summed E-state index contributed by atoms with van der Waals surface area (Å²) in [5.74, 6) is 0.104. The molecule has 0 radical (unpaired) electrons. The lowest BCUT2D eigenvalue weighted by molar-refractivity contribution is -0.122. The Hall–Kier alpha value is -2.47. The number of carbonyl (C=O) groups excluding carboxylic acids is 2. The third-order valence-corrected chi connectivity index (χ3v) is 5.35. The van der Waals surface area contributed by atoms with Gasteiger partial charge in [-0.3, -0.25) is 4.79 Å². The number of amides is 1. The molecule has 0 aliphatic heterocycles. The van der Waals surface area contributed by atoms with E-state index < -0.39 is 11.5 Å². The van der Waals surface area contributed by atoms with E-state index in [-0.39, 0.29) is 5.78 Å². The number of hydrogen-bond donors (Lipinski definition) is 1. The molecule has 0 fully saturated rings. The minimum absolute atomic E-state index is 0.104. The highest BCUT2D eigenvalue weighted by Gasteiger charge is 2.31. The maximum atomic E-state index is 12.7. The first kappa shape index (κ1) is 23.6. The van der Waals surface area contributed by atoms with Crippen LogP contribution < -0.4 is 5.32 Å². The van der Waals surface area contributed by atoms with Gasteiger partial charge in [-0.2, -0.15) is 0 Å². The molecule has 1 heterocycles. The Labute approximate surface area is 171 Å². The molecule has 0 atom stereocenters. The average Bonchev–Trinajstić information content (AvgIpc) is 3.14. The van der Waals surface area contributed by atoms with Crippen LogP contribution in [0.2, 0.25) is 0 Å². The summed E-state index contributed by atoms with van der Waals surface area (Å²) in [5, 5.41) is 5.43. The normalized spacial score (nSPS) is 11.7. The second-order valence-corrected chi connectivity index (χ2v) is 7.68. The molecule has 1 aromatic rings. The molecule has 1 aromatic heterocycles. The maximum absolute atomic E-state index is 12.7. The van der Waals surface area contributed by atoms with E-state index >= 15 is 0 Å². The molecule has 0 saturated heterocycles. The van der Waals surface area contributed by atoms with E-state index in [9.17, 15) is 9.59 Å². The summed E-state index contributed by atoms with van der Waals surface area (Å²) < 4.78 is 4.50. The highest BCUT2D eigenvalue weighted by atomic mass is 32.1. The van der Waals surface area contributed by atoms with Crippen LogP contribution >= 0.6 is 11.3 Å². The third kappa shape index (κ3) is 8.05. The first-order chi connectivity index (χ1) is 13.3. The van der Waals surface area contributed by atoms with E-state index in [0.29, 0.717) is 19.4 Å². The summed E-state index contributed by atoms with van der Waals surface area (Å²) in [6.07, 6.45) is 11.7. The molecule has 1 amide bonds. The van der Waals surface area contributed by atoms with Crippen molar-refractivity contribution in [1.82, 2.24) is 10.3 Å². The maximum Gasteiger partial charge on any atom is 0.406 e. The fraction of sp³-hybridized carbons (Fsp3) is 0.409. The first-order valence-corrected chi connectivity index (χ1v) is 10.1. The number of ketones is 1. The number of thiazole rings is 1. The molecule has 0 saturated carbocycles. The van der Waals surface area contributed by atoms with Gasteiger partial charge in [-0.05, 0) is 26.7 Å². The highest BCUT2D eigenvalue weighted by Crippen LogP contribution is 2.29. The van der Waals surface area contributed by atoms with Gasteiger partial charge in [0, 0.05) is 24.8 Å². The fourth-order valence-corrected chi connectivity index (χ4v) is 3.25. The smallest absolute Gasteiger partial charge is 0.406 e. The standard InChI is InChI=1S/C22H30N2O3S/c1-6-7-8-9-12-18-16-28-20(24-18)22(3,4)19(25)13-10-11-17(2)14-15-23-21(26)27-5/h6,8-11,16H,1-2,7,12-15H2,3-5H3,(H,23,26)/b9-8-,11-10-. The minimum Gasteiger partial charge on any atom is -0.453 e. The molecular weight excluding hydrogens is 372 g/mol. The molecule has 6 heteroatoms. The van der Waals surface area contributed by atoms with E-state index in [4.69, 9.17) is 0 Å². The van der Waals surface area contributed by atoms with Crippen LogP contribution in [0.3, 0.4) is 0 Å². The monoisotopic (exact) mass is 402 g/mol. The van der Waals surface area contributed by atoms with Crippen molar-refractivity contribution >= 4 is 23.2 Å². The van der Waals surface area contributed by atoms with E-state index in [2.05, 4.69) is 40.3 Å². The van der Waals surface area contributed by atoms with Gasteiger partial charge in [-0.1, -0.05) is 42.5 Å². The lowest BCUT2D eigenvalue weighted by Gasteiger charge is -2.19. The quantitative estimate of drug-likeness (QED) is 0.398. The van der Waals surface area contributed by atoms with Crippen LogP contribution in [0, 0.1) is 0 Å². The van der Waals surface area contributed by atoms with E-state index in [1.165, 1.54) is 18.4 Å². The van der Waals surface area contributed by atoms with E-state index in [1.807, 2.05) is 37.5 Å². The first-order valence-electron chi connectivity index (χ1n) is 9.21. The molecule has 0 unspecified atom stereocenters. The van der Waals surface area contributed by atoms with Crippen LogP contribution in [0.25, 0.3) is 0 Å². The highest BCUT2D eigenvalue weighted by molar-refractivity contribution is 7.10. The Balaban J connectivity index is 2.53. The Morgan fingerprint density at radius 1 is 1.32 bits per heavy atom. The van der Waals surface area contributed by atoms with Crippen molar-refractivity contribution in [1.29, 1.82) is 0 Å². The second-order valence-electron chi connectivity index (χ2n) is 6.83. The lowest BCUT2D eigenvalue weighted by atomic mass is 9.87. The van der Waals surface area contributed by atoms with Gasteiger partial charge in [-0.15, -0.1) is 17.9 Å². The molecule has 0 spiro atoms. The van der Waals surface area contributed by atoms with Crippen LogP contribution in [0.4, 0.5) is 4.79 Å². The van der Waals surface area contributed by atoms with Gasteiger partial charge in [0.15, 0.2) is 0 Å². The predicted octanol–water partition coefficient (Wildman–Crippen LogP) is 4.91. The fourth-order valence-electron chi connectivity index (χ4n) is 2.27. The summed E-state index contributed by atoms with van der Waals surface area (Å²) in [6.45, 7) is 11.9. The number of aromatic nitrogens is 1. The molecule has 152 valence electrons. The van der Waals surface area contributed by atoms with E-state index in [0.717, 1.165) is 29.1 Å². The van der Waals surface area contributed by atoms with Gasteiger partial charge < -0.3 is 10.1 Å². The van der Waals surface area contributed by atoms with Crippen molar-refractivity contribution < 1.29 is 14.3 Å². The summed E-state index contributed by atoms with van der Waals surface area (Å²) in [6, 6.07) is 0. The molecular formula is C22H30N2O3S. The summed E-state index contributed by atoms with van der Waals surface area (Å²) in [7, 11) is 1.32. The molecule has 0 aromatic carbocycles. The zero-order valence-electron chi connectivity index (χ0n) is 17.0. The van der Waals surface area contributed by atoms with Crippen molar-refractivity contribution in [3.05, 3.63) is 65.2 Å². The Bertz CT molecular complexity index is 745. The van der Waals surface area contributed by atoms with Gasteiger partial charge in [0.1, 0.15) is 10.8 Å². The van der Waals surface area contributed by atoms with Crippen molar-refractivity contribution in [2.75, 3.05) is 13.7 Å². The SMILES string of the molecule is C=CC/C=C\Cc1csc(C(C)(C)C(=O)C/C=C\C(=C)CCNC(=O)OC)n1. The van der Waals surface area contributed by atoms with Crippen molar-refractivity contribution in [2.24, 2.45) is 0 Å². The summed E-state index contributed by atoms with van der Waals surface area (Å²) in [5.41, 5.74) is 1.18. The van der Waals surface area contributed by atoms with Crippen LogP contribution in [-0.4, -0.2) is 30.5 Å². The van der Waals surface area contributed by atoms with Crippen LogP contribution in [0.5, 0.6) is 0 Å². The van der Waals surface area contributed by atoms with Crippen LogP contribution in [0.1, 0.15) is 43.8 Å². The van der Waals surface area contributed by atoms with E-state index in [1.54, 1.807) is 0 Å². The number of allylic oxidation sites excluding steroid dienone is 5. The van der Waals surface area contributed by atoms with Crippen molar-refractivity contribution in [3.8, 4) is 0 Å². The van der Waals surface area contributed by atoms with Crippen LogP contribution in [0.15, 0.2) is 54.5 Å². The molecule has 1 N–H and O–H groups in total. The van der Waals surface area contributed by atoms with Gasteiger partial charge in [0.25, 0.3) is 0 Å². The van der Waals surface area contributed by atoms with Gasteiger partial charge in [0.05, 0.1) is 18.2 Å². The number of hydrogen-bond acceptors (Lipinski definition) is 5. The number of Topliss-reactive ketones (excluding diaryl/α,β-unsaturated/α-hetero) is 1. The summed E-state index contributed by atoms with van der Waals surface area (Å²) >= 11 is 1.52. The number of rotatable bonds is 12. The number of ether oxygens (including phenoxy) is 1. The lowest BCUT2D eigenvalue weighted by Crippen LogP contribution is -2.28. The van der Waals surface area contributed by atoms with Crippen LogP contribution in [-0.2, 0) is 21.4 Å². The second kappa shape index (κ2) is 12.1. The molecule has 5 nitrogen and oxygen atoms in total. The summed E-state index contributed by atoms with van der Waals surface area (Å²) in [4.78, 5) is 28.3. The number of methoxy groups -OCH3 is 1. The molecule has 0 aliphatic rings. The number of carbonyl (C=O) groups is 2. The number of nitrogens with zero attached hydrogens (tertiary/aromatic N) is 1. The van der Waals surface area contributed by atoms with Gasteiger partial charge in [0.2, 0.25) is 0 Å². The zero-order valence-corrected chi connectivity index (χ0v) is 17.8. The average molecular weight is 403 g/mol.